The van der Waals surface area contributed by atoms with Gasteiger partial charge in [0.2, 0.25) is 0 Å². The summed E-state index contributed by atoms with van der Waals surface area (Å²) in [4.78, 5) is 7.70. The van der Waals surface area contributed by atoms with Crippen LogP contribution >= 0.6 is 12.6 Å². The molecule has 1 saturated heterocycles. The summed E-state index contributed by atoms with van der Waals surface area (Å²) in [5.41, 5.74) is 1.27. The number of imidazole rings is 1. The van der Waals surface area contributed by atoms with E-state index in [9.17, 15) is 0 Å². The van der Waals surface area contributed by atoms with Gasteiger partial charge in [-0.2, -0.15) is 12.6 Å². The van der Waals surface area contributed by atoms with Crippen LogP contribution < -0.4 is 0 Å². The summed E-state index contributed by atoms with van der Waals surface area (Å²) in [6.07, 6.45) is 5.12. The molecule has 0 atom stereocenters. The van der Waals surface area contributed by atoms with Gasteiger partial charge in [0, 0.05) is 37.4 Å². The number of H-pyrrole nitrogens is 1. The summed E-state index contributed by atoms with van der Waals surface area (Å²) < 4.78 is 5.33. The van der Waals surface area contributed by atoms with Crippen molar-refractivity contribution >= 4 is 12.6 Å². The number of nitrogens with zero attached hydrogens (tertiary/aromatic N) is 1. The van der Waals surface area contributed by atoms with Crippen molar-refractivity contribution in [2.75, 3.05) is 19.0 Å². The molecule has 14 heavy (non-hydrogen) atoms. The highest BCUT2D eigenvalue weighted by Crippen LogP contribution is 2.25. The number of ether oxygens (including phenoxy) is 1. The summed E-state index contributed by atoms with van der Waals surface area (Å²) in [5, 5.41) is 0. The monoisotopic (exact) mass is 212 g/mol. The van der Waals surface area contributed by atoms with Gasteiger partial charge in [-0.15, -0.1) is 0 Å². The number of aryl methyl sites for hydroxylation is 1. The molecule has 0 saturated carbocycles. The molecule has 0 aliphatic carbocycles. The van der Waals surface area contributed by atoms with Crippen LogP contribution in [0.4, 0.5) is 0 Å². The predicted molar refractivity (Wildman–Crippen MR) is 58.9 cm³/mol. The molecule has 4 heteroatoms. The van der Waals surface area contributed by atoms with Crippen LogP contribution in [0.1, 0.15) is 30.3 Å². The number of aromatic nitrogens is 2. The van der Waals surface area contributed by atoms with Gasteiger partial charge in [-0.3, -0.25) is 0 Å². The van der Waals surface area contributed by atoms with Crippen molar-refractivity contribution in [3.8, 4) is 0 Å². The molecule has 78 valence electrons. The van der Waals surface area contributed by atoms with Crippen molar-refractivity contribution in [3.05, 3.63) is 17.7 Å². The van der Waals surface area contributed by atoms with Crippen LogP contribution in [0.15, 0.2) is 6.20 Å². The minimum atomic E-state index is 0.616. The second-order valence-corrected chi connectivity index (χ2v) is 4.09. The average molecular weight is 212 g/mol. The van der Waals surface area contributed by atoms with Crippen LogP contribution in [0.2, 0.25) is 0 Å². The molecule has 2 rings (SSSR count). The maximum absolute atomic E-state index is 5.33. The van der Waals surface area contributed by atoms with E-state index in [4.69, 9.17) is 4.74 Å². The lowest BCUT2D eigenvalue weighted by Gasteiger charge is -2.20. The largest absolute Gasteiger partial charge is 0.381 e. The lowest BCUT2D eigenvalue weighted by molar-refractivity contribution is 0.0846. The lowest BCUT2D eigenvalue weighted by Crippen LogP contribution is -2.14. The summed E-state index contributed by atoms with van der Waals surface area (Å²) in [7, 11) is 0. The molecule has 3 nitrogen and oxygen atoms in total. The molecule has 0 aromatic carbocycles. The minimum Gasteiger partial charge on any atom is -0.381 e. The normalized spacial score (nSPS) is 18.6. The Bertz CT molecular complexity index is 281. The topological polar surface area (TPSA) is 37.9 Å². The van der Waals surface area contributed by atoms with E-state index in [1.165, 1.54) is 5.69 Å². The Morgan fingerprint density at radius 3 is 3.00 bits per heavy atom. The van der Waals surface area contributed by atoms with Gasteiger partial charge >= 0.3 is 0 Å². The molecule has 2 heterocycles. The van der Waals surface area contributed by atoms with Gasteiger partial charge < -0.3 is 9.72 Å². The predicted octanol–water partition coefficient (Wildman–Crippen LogP) is 1.78. The molecule has 1 aliphatic heterocycles. The van der Waals surface area contributed by atoms with Gasteiger partial charge in [-0.1, -0.05) is 0 Å². The number of thiol groups is 1. The second kappa shape index (κ2) is 4.84. The fourth-order valence-corrected chi connectivity index (χ4v) is 2.04. The van der Waals surface area contributed by atoms with Crippen molar-refractivity contribution in [1.82, 2.24) is 9.97 Å². The van der Waals surface area contributed by atoms with E-state index in [0.29, 0.717) is 5.92 Å². The standard InChI is InChI=1S/C10H16N2OS/c14-6-3-10-11-7-9(12-10)8-1-4-13-5-2-8/h7-8,14H,1-6H2,(H,11,12). The highest BCUT2D eigenvalue weighted by molar-refractivity contribution is 7.80. The zero-order valence-electron chi connectivity index (χ0n) is 8.20. The zero-order valence-corrected chi connectivity index (χ0v) is 9.09. The van der Waals surface area contributed by atoms with Crippen LogP contribution in [0, 0.1) is 0 Å². The Balaban J connectivity index is 2.00. The zero-order chi connectivity index (χ0) is 9.80. The molecule has 0 bridgehead atoms. The summed E-state index contributed by atoms with van der Waals surface area (Å²) in [6, 6.07) is 0. The van der Waals surface area contributed by atoms with Gasteiger partial charge in [0.15, 0.2) is 0 Å². The third-order valence-electron chi connectivity index (χ3n) is 2.66. The Morgan fingerprint density at radius 1 is 1.50 bits per heavy atom. The van der Waals surface area contributed by atoms with Crippen molar-refractivity contribution in [1.29, 1.82) is 0 Å². The number of rotatable bonds is 3. The number of hydrogen-bond acceptors (Lipinski definition) is 3. The van der Waals surface area contributed by atoms with Crippen molar-refractivity contribution in [3.63, 3.8) is 0 Å². The quantitative estimate of drug-likeness (QED) is 0.749. The molecule has 0 spiro atoms. The fourth-order valence-electron chi connectivity index (χ4n) is 1.83. The Morgan fingerprint density at radius 2 is 2.29 bits per heavy atom. The average Bonchev–Trinajstić information content (AvgIpc) is 2.68. The summed E-state index contributed by atoms with van der Waals surface area (Å²) in [5.74, 6) is 2.52. The molecule has 1 fully saturated rings. The number of hydrogen-bond donors (Lipinski definition) is 2. The van der Waals surface area contributed by atoms with E-state index in [1.807, 2.05) is 6.20 Å². The molecule has 1 aromatic rings. The lowest BCUT2D eigenvalue weighted by atomic mass is 9.97. The Hall–Kier alpha value is -0.480. The van der Waals surface area contributed by atoms with Gasteiger partial charge in [0.25, 0.3) is 0 Å². The molecule has 0 amide bonds. The van der Waals surface area contributed by atoms with Gasteiger partial charge in [0.1, 0.15) is 5.82 Å². The molecule has 0 radical (unpaired) electrons. The van der Waals surface area contributed by atoms with Crippen LogP contribution in [0.5, 0.6) is 0 Å². The van der Waals surface area contributed by atoms with Gasteiger partial charge in [-0.05, 0) is 18.6 Å². The van der Waals surface area contributed by atoms with Crippen LogP contribution in [-0.4, -0.2) is 28.9 Å². The van der Waals surface area contributed by atoms with E-state index in [-0.39, 0.29) is 0 Å². The number of aromatic amines is 1. The van der Waals surface area contributed by atoms with Crippen LogP contribution in [0.25, 0.3) is 0 Å². The second-order valence-electron chi connectivity index (χ2n) is 3.65. The first-order chi connectivity index (χ1) is 6.90. The van der Waals surface area contributed by atoms with Gasteiger partial charge in [-0.25, -0.2) is 4.98 Å². The Kier molecular flexibility index (Phi) is 3.48. The highest BCUT2D eigenvalue weighted by atomic mass is 32.1. The van der Waals surface area contributed by atoms with E-state index in [1.54, 1.807) is 0 Å². The van der Waals surface area contributed by atoms with Crippen molar-refractivity contribution in [2.45, 2.75) is 25.2 Å². The van der Waals surface area contributed by atoms with E-state index in [2.05, 4.69) is 22.6 Å². The van der Waals surface area contributed by atoms with E-state index in [0.717, 1.165) is 44.1 Å². The molecule has 1 N–H and O–H groups in total. The maximum Gasteiger partial charge on any atom is 0.107 e. The number of nitrogens with one attached hydrogen (secondary N) is 1. The fraction of sp³-hybridized carbons (Fsp3) is 0.700. The molecule has 1 aromatic heterocycles. The molecular formula is C10H16N2OS. The maximum atomic E-state index is 5.33. The highest BCUT2D eigenvalue weighted by Gasteiger charge is 2.17. The van der Waals surface area contributed by atoms with E-state index >= 15 is 0 Å². The van der Waals surface area contributed by atoms with E-state index < -0.39 is 0 Å². The summed E-state index contributed by atoms with van der Waals surface area (Å²) >= 11 is 4.19. The summed E-state index contributed by atoms with van der Waals surface area (Å²) in [6.45, 7) is 1.76. The molecular weight excluding hydrogens is 196 g/mol. The van der Waals surface area contributed by atoms with Crippen molar-refractivity contribution < 1.29 is 4.74 Å². The smallest absolute Gasteiger partial charge is 0.107 e. The van der Waals surface area contributed by atoms with Crippen LogP contribution in [-0.2, 0) is 11.2 Å². The Labute approximate surface area is 89.7 Å². The first kappa shape index (κ1) is 10.1. The van der Waals surface area contributed by atoms with Crippen LogP contribution in [0.3, 0.4) is 0 Å². The third-order valence-corrected chi connectivity index (χ3v) is 2.88. The molecule has 1 aliphatic rings. The van der Waals surface area contributed by atoms with Gasteiger partial charge in [0.05, 0.1) is 0 Å². The first-order valence-electron chi connectivity index (χ1n) is 5.12. The first-order valence-corrected chi connectivity index (χ1v) is 5.76. The SMILES string of the molecule is SCCc1ncc(C2CCOCC2)[nH]1. The minimum absolute atomic E-state index is 0.616. The molecule has 0 unspecified atom stereocenters. The third kappa shape index (κ3) is 2.30. The van der Waals surface area contributed by atoms with Crippen molar-refractivity contribution in [2.24, 2.45) is 0 Å².